The van der Waals surface area contributed by atoms with E-state index in [1.807, 2.05) is 32.3 Å². The van der Waals surface area contributed by atoms with E-state index in [-0.39, 0.29) is 5.54 Å². The fourth-order valence-electron chi connectivity index (χ4n) is 0.838. The highest BCUT2D eigenvalue weighted by Gasteiger charge is 2.15. The van der Waals surface area contributed by atoms with Crippen LogP contribution in [0.3, 0.4) is 0 Å². The largest absolute Gasteiger partial charge is 0.348 e. The molecule has 0 aromatic rings. The normalized spacial score (nSPS) is 15.0. The number of allylic oxidation sites excluding steroid dienone is 1. The van der Waals surface area contributed by atoms with Crippen LogP contribution in [-0.4, -0.2) is 16.7 Å². The molecule has 0 aromatic carbocycles. The van der Waals surface area contributed by atoms with Gasteiger partial charge in [0.25, 0.3) is 0 Å². The second kappa shape index (κ2) is 5.57. The molecule has 1 heterocycles. The molecular formula is C11H20N2. The second-order valence-corrected chi connectivity index (χ2v) is 3.52. The molecule has 1 aliphatic heterocycles. The fraction of sp³-hybridized carbons (Fsp3) is 0.545. The third-order valence-electron chi connectivity index (χ3n) is 1.51. The van der Waals surface area contributed by atoms with Crippen LogP contribution in [0, 0.1) is 0 Å². The first-order valence-corrected chi connectivity index (χ1v) is 4.76. The zero-order valence-corrected chi connectivity index (χ0v) is 9.28. The highest BCUT2D eigenvalue weighted by molar-refractivity contribution is 5.71. The third kappa shape index (κ3) is 4.51. The summed E-state index contributed by atoms with van der Waals surface area (Å²) in [6, 6.07) is 0. The minimum absolute atomic E-state index is 0.140. The SMILES string of the molecule is CC.CC(C)(C)N1C=CC=NC=C1. The van der Waals surface area contributed by atoms with Crippen molar-refractivity contribution in [3.8, 4) is 0 Å². The lowest BCUT2D eigenvalue weighted by molar-refractivity contribution is 0.281. The van der Waals surface area contributed by atoms with Crippen molar-refractivity contribution >= 4 is 6.21 Å². The first-order chi connectivity index (χ1) is 6.11. The summed E-state index contributed by atoms with van der Waals surface area (Å²) in [5.41, 5.74) is 0.140. The van der Waals surface area contributed by atoms with E-state index in [1.54, 1.807) is 12.4 Å². The van der Waals surface area contributed by atoms with E-state index in [1.165, 1.54) is 0 Å². The molecule has 1 aliphatic rings. The van der Waals surface area contributed by atoms with Crippen molar-refractivity contribution in [3.63, 3.8) is 0 Å². The highest BCUT2D eigenvalue weighted by atomic mass is 15.2. The van der Waals surface area contributed by atoms with Crippen molar-refractivity contribution in [1.82, 2.24) is 4.90 Å². The number of aliphatic imine (C=N–C) groups is 1. The minimum atomic E-state index is 0.140. The van der Waals surface area contributed by atoms with Gasteiger partial charge in [-0.25, -0.2) is 0 Å². The van der Waals surface area contributed by atoms with Crippen LogP contribution in [0.2, 0.25) is 0 Å². The van der Waals surface area contributed by atoms with Crippen LogP contribution < -0.4 is 0 Å². The molecule has 2 nitrogen and oxygen atoms in total. The zero-order valence-electron chi connectivity index (χ0n) is 9.28. The molecule has 0 fully saturated rings. The van der Waals surface area contributed by atoms with E-state index in [9.17, 15) is 0 Å². The molecule has 0 aromatic heterocycles. The zero-order chi connectivity index (χ0) is 10.3. The van der Waals surface area contributed by atoms with Crippen molar-refractivity contribution in [3.05, 3.63) is 24.7 Å². The maximum atomic E-state index is 4.00. The van der Waals surface area contributed by atoms with Crippen LogP contribution in [0.25, 0.3) is 0 Å². The average Bonchev–Trinajstić information content (AvgIpc) is 2.34. The average molecular weight is 180 g/mol. The highest BCUT2D eigenvalue weighted by Crippen LogP contribution is 2.14. The maximum Gasteiger partial charge on any atom is 0.0430 e. The summed E-state index contributed by atoms with van der Waals surface area (Å²) in [6.45, 7) is 10.5. The van der Waals surface area contributed by atoms with Crippen LogP contribution in [0.5, 0.6) is 0 Å². The summed E-state index contributed by atoms with van der Waals surface area (Å²) in [4.78, 5) is 6.13. The van der Waals surface area contributed by atoms with Gasteiger partial charge < -0.3 is 4.90 Å². The van der Waals surface area contributed by atoms with Gasteiger partial charge in [-0.2, -0.15) is 0 Å². The smallest absolute Gasteiger partial charge is 0.0430 e. The van der Waals surface area contributed by atoms with E-state index in [2.05, 4.69) is 30.7 Å². The summed E-state index contributed by atoms with van der Waals surface area (Å²) >= 11 is 0. The molecule has 1 rings (SSSR count). The first kappa shape index (κ1) is 11.9. The monoisotopic (exact) mass is 180 g/mol. The van der Waals surface area contributed by atoms with Crippen molar-refractivity contribution < 1.29 is 0 Å². The Morgan fingerprint density at radius 3 is 2.23 bits per heavy atom. The molecule has 0 N–H and O–H groups in total. The van der Waals surface area contributed by atoms with Crippen LogP contribution in [0.4, 0.5) is 0 Å². The molecule has 0 spiro atoms. The van der Waals surface area contributed by atoms with E-state index in [0.717, 1.165) is 0 Å². The lowest BCUT2D eigenvalue weighted by Gasteiger charge is -2.30. The Bertz CT molecular complexity index is 191. The number of nitrogens with zero attached hydrogens (tertiary/aromatic N) is 2. The van der Waals surface area contributed by atoms with Gasteiger partial charge in [0.05, 0.1) is 0 Å². The van der Waals surface area contributed by atoms with Gasteiger partial charge in [0, 0.05) is 30.4 Å². The number of hydrogen-bond acceptors (Lipinski definition) is 2. The van der Waals surface area contributed by atoms with Crippen LogP contribution in [0.15, 0.2) is 29.7 Å². The summed E-state index contributed by atoms with van der Waals surface area (Å²) in [5, 5.41) is 0. The van der Waals surface area contributed by atoms with Gasteiger partial charge in [0.15, 0.2) is 0 Å². The molecular weight excluding hydrogens is 160 g/mol. The Morgan fingerprint density at radius 1 is 1.08 bits per heavy atom. The molecule has 0 saturated heterocycles. The van der Waals surface area contributed by atoms with E-state index >= 15 is 0 Å². The predicted molar refractivity (Wildman–Crippen MR) is 59.7 cm³/mol. The molecule has 2 heteroatoms. The molecule has 0 unspecified atom stereocenters. The topological polar surface area (TPSA) is 15.6 Å². The van der Waals surface area contributed by atoms with Gasteiger partial charge >= 0.3 is 0 Å². The number of hydrogen-bond donors (Lipinski definition) is 0. The lowest BCUT2D eigenvalue weighted by Crippen LogP contribution is -2.32. The summed E-state index contributed by atoms with van der Waals surface area (Å²) < 4.78 is 0. The molecule has 74 valence electrons. The molecule has 0 aliphatic carbocycles. The van der Waals surface area contributed by atoms with Crippen molar-refractivity contribution in [2.75, 3.05) is 0 Å². The van der Waals surface area contributed by atoms with Gasteiger partial charge in [0.1, 0.15) is 0 Å². The lowest BCUT2D eigenvalue weighted by atomic mass is 10.1. The Balaban J connectivity index is 0.000000671. The second-order valence-electron chi connectivity index (χ2n) is 3.52. The quantitative estimate of drug-likeness (QED) is 0.559. The summed E-state index contributed by atoms with van der Waals surface area (Å²) in [5.74, 6) is 0. The van der Waals surface area contributed by atoms with Crippen molar-refractivity contribution in [2.24, 2.45) is 4.99 Å². The fourth-order valence-corrected chi connectivity index (χ4v) is 0.838. The van der Waals surface area contributed by atoms with Gasteiger partial charge in [-0.3, -0.25) is 4.99 Å². The predicted octanol–water partition coefficient (Wildman–Crippen LogP) is 3.18. The minimum Gasteiger partial charge on any atom is -0.348 e. The molecule has 0 saturated carbocycles. The van der Waals surface area contributed by atoms with Crippen molar-refractivity contribution in [1.29, 1.82) is 0 Å². The van der Waals surface area contributed by atoms with E-state index in [0.29, 0.717) is 0 Å². The van der Waals surface area contributed by atoms with E-state index < -0.39 is 0 Å². The van der Waals surface area contributed by atoms with Crippen molar-refractivity contribution in [2.45, 2.75) is 40.2 Å². The molecule has 0 bridgehead atoms. The maximum absolute atomic E-state index is 4.00. The van der Waals surface area contributed by atoms with Gasteiger partial charge in [-0.1, -0.05) is 13.8 Å². The van der Waals surface area contributed by atoms with Crippen LogP contribution in [-0.2, 0) is 0 Å². The summed E-state index contributed by atoms with van der Waals surface area (Å²) in [6.07, 6.45) is 9.51. The third-order valence-corrected chi connectivity index (χ3v) is 1.51. The molecule has 0 atom stereocenters. The summed E-state index contributed by atoms with van der Waals surface area (Å²) in [7, 11) is 0. The van der Waals surface area contributed by atoms with Crippen LogP contribution in [0.1, 0.15) is 34.6 Å². The first-order valence-electron chi connectivity index (χ1n) is 4.76. The van der Waals surface area contributed by atoms with Gasteiger partial charge in [-0.05, 0) is 26.8 Å². The van der Waals surface area contributed by atoms with Gasteiger partial charge in [-0.15, -0.1) is 0 Å². The number of rotatable bonds is 0. The van der Waals surface area contributed by atoms with Gasteiger partial charge in [0.2, 0.25) is 0 Å². The standard InChI is InChI=1S/C9H14N2.C2H6/c1-9(2,3)11-7-4-5-10-6-8-11;1-2/h4-8H,1-3H3;1-2H3. The Hall–Kier alpha value is -1.05. The van der Waals surface area contributed by atoms with Crippen LogP contribution >= 0.6 is 0 Å². The molecule has 0 radical (unpaired) electrons. The Morgan fingerprint density at radius 2 is 1.69 bits per heavy atom. The Labute approximate surface area is 81.7 Å². The Kier molecular flexibility index (Phi) is 5.12. The molecule has 13 heavy (non-hydrogen) atoms. The van der Waals surface area contributed by atoms with E-state index in [4.69, 9.17) is 0 Å². The molecule has 0 amide bonds.